The van der Waals surface area contributed by atoms with Crippen LogP contribution in [0.3, 0.4) is 0 Å². The average molecular weight is 213 g/mol. The van der Waals surface area contributed by atoms with Gasteiger partial charge < -0.3 is 15.5 Å². The standard InChI is InChI=1S/C11H23N3O/c1-3-9(2)11(8-12)14(13)10-4-6-15-7-5-10/h8-10H,3-7,12-13H2,1-2H3/b11-8-. The van der Waals surface area contributed by atoms with Crippen molar-refractivity contribution in [2.75, 3.05) is 13.2 Å². The fraction of sp³-hybridized carbons (Fsp3) is 0.818. The minimum atomic E-state index is 0.377. The van der Waals surface area contributed by atoms with Crippen LogP contribution in [0.25, 0.3) is 0 Å². The second-order valence-corrected chi connectivity index (χ2v) is 4.15. The van der Waals surface area contributed by atoms with Crippen LogP contribution in [0.15, 0.2) is 11.9 Å². The van der Waals surface area contributed by atoms with Crippen LogP contribution in [0.2, 0.25) is 0 Å². The Labute approximate surface area is 92.2 Å². The van der Waals surface area contributed by atoms with Crippen LogP contribution in [0.1, 0.15) is 33.1 Å². The van der Waals surface area contributed by atoms with E-state index in [1.165, 1.54) is 0 Å². The summed E-state index contributed by atoms with van der Waals surface area (Å²) in [5.74, 6) is 6.53. The van der Waals surface area contributed by atoms with Gasteiger partial charge in [0.1, 0.15) is 0 Å². The number of rotatable bonds is 4. The lowest BCUT2D eigenvalue weighted by atomic mass is 10.0. The van der Waals surface area contributed by atoms with Crippen LogP contribution >= 0.6 is 0 Å². The van der Waals surface area contributed by atoms with Gasteiger partial charge in [-0.2, -0.15) is 0 Å². The lowest BCUT2D eigenvalue weighted by molar-refractivity contribution is 0.0420. The number of nitrogens with two attached hydrogens (primary N) is 2. The summed E-state index contributed by atoms with van der Waals surface area (Å²) in [4.78, 5) is 0. The third-order valence-electron chi connectivity index (χ3n) is 3.17. The summed E-state index contributed by atoms with van der Waals surface area (Å²) in [7, 11) is 0. The zero-order chi connectivity index (χ0) is 11.3. The lowest BCUT2D eigenvalue weighted by Crippen LogP contribution is -2.45. The van der Waals surface area contributed by atoms with E-state index in [-0.39, 0.29) is 0 Å². The van der Waals surface area contributed by atoms with Gasteiger partial charge >= 0.3 is 0 Å². The molecule has 0 amide bonds. The first-order valence-electron chi connectivity index (χ1n) is 5.74. The van der Waals surface area contributed by atoms with Gasteiger partial charge in [0.15, 0.2) is 0 Å². The predicted molar refractivity (Wildman–Crippen MR) is 61.6 cm³/mol. The molecule has 1 atom stereocenters. The van der Waals surface area contributed by atoms with Crippen LogP contribution in [0, 0.1) is 5.92 Å². The molecular formula is C11H23N3O. The molecule has 88 valence electrons. The smallest absolute Gasteiger partial charge is 0.0493 e. The molecule has 0 saturated carbocycles. The van der Waals surface area contributed by atoms with E-state index in [0.29, 0.717) is 12.0 Å². The first-order chi connectivity index (χ1) is 7.20. The normalized spacial score (nSPS) is 21.4. The average Bonchev–Trinajstić information content (AvgIpc) is 2.30. The Morgan fingerprint density at radius 2 is 2.13 bits per heavy atom. The highest BCUT2D eigenvalue weighted by Gasteiger charge is 2.22. The van der Waals surface area contributed by atoms with E-state index in [2.05, 4.69) is 13.8 Å². The Kier molecular flexibility index (Phi) is 4.91. The first kappa shape index (κ1) is 12.3. The number of nitrogens with zero attached hydrogens (tertiary/aromatic N) is 1. The van der Waals surface area contributed by atoms with Gasteiger partial charge in [-0.1, -0.05) is 13.8 Å². The molecule has 1 heterocycles. The summed E-state index contributed by atoms with van der Waals surface area (Å²) in [5.41, 5.74) is 6.69. The number of allylic oxidation sites excluding steroid dienone is 1. The minimum absolute atomic E-state index is 0.377. The molecule has 0 radical (unpaired) electrons. The summed E-state index contributed by atoms with van der Waals surface area (Å²) in [5, 5.41) is 1.84. The van der Waals surface area contributed by atoms with Gasteiger partial charge in [0.05, 0.1) is 0 Å². The van der Waals surface area contributed by atoms with E-state index < -0.39 is 0 Å². The summed E-state index contributed by atoms with van der Waals surface area (Å²) >= 11 is 0. The van der Waals surface area contributed by atoms with Gasteiger partial charge in [-0.15, -0.1) is 0 Å². The zero-order valence-corrected chi connectivity index (χ0v) is 9.78. The molecule has 1 aliphatic heterocycles. The molecule has 4 heteroatoms. The molecule has 0 bridgehead atoms. The number of hydrogen-bond acceptors (Lipinski definition) is 4. The maximum atomic E-state index is 6.11. The second kappa shape index (κ2) is 5.98. The SMILES string of the molecule is CCC(C)/C(=C/N)N(N)C1CCOCC1. The molecule has 0 aliphatic carbocycles. The molecule has 4 N–H and O–H groups in total. The van der Waals surface area contributed by atoms with Crippen molar-refractivity contribution in [3.8, 4) is 0 Å². The Bertz CT molecular complexity index is 212. The maximum Gasteiger partial charge on any atom is 0.0493 e. The largest absolute Gasteiger partial charge is 0.403 e. The Morgan fingerprint density at radius 1 is 1.53 bits per heavy atom. The van der Waals surface area contributed by atoms with Gasteiger partial charge in [0.25, 0.3) is 0 Å². The third-order valence-corrected chi connectivity index (χ3v) is 3.17. The van der Waals surface area contributed by atoms with Crippen LogP contribution in [-0.4, -0.2) is 24.3 Å². The van der Waals surface area contributed by atoms with Crippen LogP contribution in [0.5, 0.6) is 0 Å². The van der Waals surface area contributed by atoms with Crippen molar-refractivity contribution in [1.29, 1.82) is 0 Å². The molecule has 0 aromatic carbocycles. The van der Waals surface area contributed by atoms with Crippen LogP contribution < -0.4 is 11.6 Å². The molecule has 15 heavy (non-hydrogen) atoms. The molecule has 1 saturated heterocycles. The molecule has 1 unspecified atom stereocenters. The third kappa shape index (κ3) is 3.11. The highest BCUT2D eigenvalue weighted by molar-refractivity contribution is 5.03. The monoisotopic (exact) mass is 213 g/mol. The van der Waals surface area contributed by atoms with E-state index in [1.54, 1.807) is 6.20 Å². The fourth-order valence-corrected chi connectivity index (χ4v) is 1.89. The zero-order valence-electron chi connectivity index (χ0n) is 9.78. The molecule has 4 nitrogen and oxygen atoms in total. The minimum Gasteiger partial charge on any atom is -0.403 e. The predicted octanol–water partition coefficient (Wildman–Crippen LogP) is 1.19. The van der Waals surface area contributed by atoms with Gasteiger partial charge in [0.2, 0.25) is 0 Å². The van der Waals surface area contributed by atoms with Gasteiger partial charge in [-0.05, 0) is 25.2 Å². The Balaban J connectivity index is 2.59. The molecule has 0 spiro atoms. The van der Waals surface area contributed by atoms with Crippen LogP contribution in [-0.2, 0) is 4.74 Å². The Hall–Kier alpha value is -0.740. The molecule has 1 rings (SSSR count). The van der Waals surface area contributed by atoms with Crippen molar-refractivity contribution in [3.05, 3.63) is 11.9 Å². The fourth-order valence-electron chi connectivity index (χ4n) is 1.89. The summed E-state index contributed by atoms with van der Waals surface area (Å²) in [6, 6.07) is 0.377. The van der Waals surface area contributed by atoms with Crippen molar-refractivity contribution in [2.24, 2.45) is 17.5 Å². The lowest BCUT2D eigenvalue weighted by Gasteiger charge is -2.35. The maximum absolute atomic E-state index is 6.11. The highest BCUT2D eigenvalue weighted by atomic mass is 16.5. The summed E-state index contributed by atoms with van der Waals surface area (Å²) in [6.07, 6.45) is 4.68. The quantitative estimate of drug-likeness (QED) is 0.544. The van der Waals surface area contributed by atoms with Crippen molar-refractivity contribution in [3.63, 3.8) is 0 Å². The van der Waals surface area contributed by atoms with Crippen molar-refractivity contribution in [1.82, 2.24) is 5.01 Å². The molecular weight excluding hydrogens is 190 g/mol. The van der Waals surface area contributed by atoms with Crippen molar-refractivity contribution < 1.29 is 4.74 Å². The van der Waals surface area contributed by atoms with E-state index in [4.69, 9.17) is 16.3 Å². The van der Waals surface area contributed by atoms with Crippen LogP contribution in [0.4, 0.5) is 0 Å². The number of ether oxygens (including phenoxy) is 1. The first-order valence-corrected chi connectivity index (χ1v) is 5.74. The molecule has 1 aliphatic rings. The topological polar surface area (TPSA) is 64.5 Å². The number of hydrogen-bond donors (Lipinski definition) is 2. The van der Waals surface area contributed by atoms with E-state index in [9.17, 15) is 0 Å². The Morgan fingerprint density at radius 3 is 2.60 bits per heavy atom. The number of hydrazine groups is 1. The highest BCUT2D eigenvalue weighted by Crippen LogP contribution is 2.21. The van der Waals surface area contributed by atoms with E-state index in [1.807, 2.05) is 5.01 Å². The summed E-state index contributed by atoms with van der Waals surface area (Å²) < 4.78 is 5.32. The van der Waals surface area contributed by atoms with E-state index >= 15 is 0 Å². The van der Waals surface area contributed by atoms with E-state index in [0.717, 1.165) is 38.2 Å². The molecule has 0 aromatic rings. The van der Waals surface area contributed by atoms with Crippen molar-refractivity contribution >= 4 is 0 Å². The van der Waals surface area contributed by atoms with Gasteiger partial charge in [-0.3, -0.25) is 0 Å². The summed E-state index contributed by atoms with van der Waals surface area (Å²) in [6.45, 7) is 5.90. The van der Waals surface area contributed by atoms with Gasteiger partial charge in [-0.25, -0.2) is 5.84 Å². The molecule has 1 fully saturated rings. The molecule has 0 aromatic heterocycles. The van der Waals surface area contributed by atoms with Crippen molar-refractivity contribution in [2.45, 2.75) is 39.2 Å². The van der Waals surface area contributed by atoms with Gasteiger partial charge in [0, 0.05) is 31.2 Å². The second-order valence-electron chi connectivity index (χ2n) is 4.15.